The summed E-state index contributed by atoms with van der Waals surface area (Å²) >= 11 is 0. The van der Waals surface area contributed by atoms with Crippen LogP contribution in [-0.4, -0.2) is 65.9 Å². The highest BCUT2D eigenvalue weighted by Gasteiger charge is 2.43. The minimum Gasteiger partial charge on any atom is -0.493 e. The summed E-state index contributed by atoms with van der Waals surface area (Å²) in [5.74, 6) is 1.64. The summed E-state index contributed by atoms with van der Waals surface area (Å²) in [6.45, 7) is 1.64. The monoisotopic (exact) mass is 389 g/mol. The highest BCUT2D eigenvalue weighted by Crippen LogP contribution is 2.33. The van der Waals surface area contributed by atoms with Crippen molar-refractivity contribution >= 4 is 5.91 Å². The van der Waals surface area contributed by atoms with Gasteiger partial charge >= 0.3 is 0 Å². The lowest BCUT2D eigenvalue weighted by molar-refractivity contribution is -0.160. The molecule has 8 heteroatoms. The van der Waals surface area contributed by atoms with Crippen molar-refractivity contribution in [2.75, 3.05) is 34.4 Å². The third-order valence-corrected chi connectivity index (χ3v) is 5.00. The van der Waals surface area contributed by atoms with Gasteiger partial charge in [-0.2, -0.15) is 0 Å². The molecule has 1 amide bonds. The second kappa shape index (κ2) is 8.62. The van der Waals surface area contributed by atoms with E-state index in [4.69, 9.17) is 14.0 Å². The first-order valence-corrected chi connectivity index (χ1v) is 9.26. The van der Waals surface area contributed by atoms with Crippen molar-refractivity contribution in [3.8, 4) is 11.5 Å². The zero-order valence-corrected chi connectivity index (χ0v) is 16.6. The molecule has 0 unspecified atom stereocenters. The maximum Gasteiger partial charge on any atom is 0.256 e. The molecule has 1 aromatic carbocycles. The van der Waals surface area contributed by atoms with Crippen molar-refractivity contribution in [1.29, 1.82) is 0 Å². The zero-order chi connectivity index (χ0) is 20.1. The van der Waals surface area contributed by atoms with Crippen LogP contribution in [0.5, 0.6) is 11.5 Å². The molecule has 8 nitrogen and oxygen atoms in total. The number of aliphatic hydroxyl groups is 1. The standard InChI is InChI=1S/C20H27N3O5/c1-22(13-16-8-10-21-28-16)14-20(25)9-5-11-23(19(20)24)12-15-6-4-7-17(26-2)18(15)27-3/h4,6-8,10,25H,5,9,11-14H2,1-3H3/t20-/m1/s1. The Bertz CT molecular complexity index is 795. The highest BCUT2D eigenvalue weighted by atomic mass is 16.5. The quantitative estimate of drug-likeness (QED) is 0.735. The first-order valence-electron chi connectivity index (χ1n) is 9.26. The summed E-state index contributed by atoms with van der Waals surface area (Å²) < 4.78 is 15.9. The molecular formula is C20H27N3O5. The van der Waals surface area contributed by atoms with Gasteiger partial charge in [0.15, 0.2) is 22.9 Å². The predicted molar refractivity (Wildman–Crippen MR) is 102 cm³/mol. The Kier molecular flexibility index (Phi) is 6.21. The van der Waals surface area contributed by atoms with Crippen LogP contribution in [0.1, 0.15) is 24.2 Å². The fourth-order valence-corrected chi connectivity index (χ4v) is 3.74. The van der Waals surface area contributed by atoms with Crippen molar-refractivity contribution in [3.63, 3.8) is 0 Å². The number of para-hydroxylation sites is 1. The molecule has 1 atom stereocenters. The summed E-state index contributed by atoms with van der Waals surface area (Å²) in [7, 11) is 5.00. The van der Waals surface area contributed by atoms with E-state index in [0.29, 0.717) is 43.3 Å². The number of amides is 1. The van der Waals surface area contributed by atoms with Gasteiger partial charge in [-0.15, -0.1) is 0 Å². The SMILES string of the molecule is COc1cccc(CN2CCC[C@@](O)(CN(C)Cc3ccno3)C2=O)c1OC. The zero-order valence-electron chi connectivity index (χ0n) is 16.6. The maximum absolute atomic E-state index is 13.1. The van der Waals surface area contributed by atoms with Crippen LogP contribution in [0.4, 0.5) is 0 Å². The Morgan fingerprint density at radius 1 is 1.32 bits per heavy atom. The third-order valence-electron chi connectivity index (χ3n) is 5.00. The third kappa shape index (κ3) is 4.28. The molecule has 152 valence electrons. The Hall–Kier alpha value is -2.58. The van der Waals surface area contributed by atoms with Crippen LogP contribution in [0.15, 0.2) is 35.0 Å². The van der Waals surface area contributed by atoms with Crippen molar-refractivity contribution in [1.82, 2.24) is 15.0 Å². The van der Waals surface area contributed by atoms with Gasteiger partial charge < -0.3 is 24.0 Å². The van der Waals surface area contributed by atoms with Gasteiger partial charge in [-0.25, -0.2) is 0 Å². The Morgan fingerprint density at radius 3 is 2.82 bits per heavy atom. The van der Waals surface area contributed by atoms with Crippen molar-refractivity contribution < 1.29 is 23.9 Å². The summed E-state index contributed by atoms with van der Waals surface area (Å²) in [6.07, 6.45) is 2.73. The molecular weight excluding hydrogens is 362 g/mol. The average molecular weight is 389 g/mol. The number of piperidine rings is 1. The largest absolute Gasteiger partial charge is 0.493 e. The molecule has 1 aliphatic rings. The van der Waals surface area contributed by atoms with Crippen molar-refractivity contribution in [2.45, 2.75) is 31.5 Å². The van der Waals surface area contributed by atoms with Gasteiger partial charge in [-0.1, -0.05) is 17.3 Å². The van der Waals surface area contributed by atoms with E-state index in [9.17, 15) is 9.90 Å². The number of ether oxygens (including phenoxy) is 2. The number of benzene rings is 1. The van der Waals surface area contributed by atoms with Crippen LogP contribution in [0, 0.1) is 0 Å². The number of likely N-dealkylation sites (tertiary alicyclic amines) is 1. The maximum atomic E-state index is 13.1. The lowest BCUT2D eigenvalue weighted by Gasteiger charge is -2.40. The first kappa shape index (κ1) is 20.2. The summed E-state index contributed by atoms with van der Waals surface area (Å²) in [4.78, 5) is 16.6. The second-order valence-electron chi connectivity index (χ2n) is 7.17. The van der Waals surface area contributed by atoms with Crippen LogP contribution in [0.2, 0.25) is 0 Å². The van der Waals surface area contributed by atoms with Crippen LogP contribution in [0.25, 0.3) is 0 Å². The minimum atomic E-state index is -1.43. The number of methoxy groups -OCH3 is 2. The number of nitrogens with zero attached hydrogens (tertiary/aromatic N) is 3. The molecule has 1 fully saturated rings. The molecule has 0 radical (unpaired) electrons. The lowest BCUT2D eigenvalue weighted by atomic mass is 9.90. The van der Waals surface area contributed by atoms with Crippen LogP contribution in [-0.2, 0) is 17.9 Å². The van der Waals surface area contributed by atoms with Gasteiger partial charge in [0.1, 0.15) is 0 Å². The molecule has 3 rings (SSSR count). The summed E-state index contributed by atoms with van der Waals surface area (Å²) in [5, 5.41) is 14.8. The predicted octanol–water partition coefficient (Wildman–Crippen LogP) is 1.68. The van der Waals surface area contributed by atoms with E-state index in [1.165, 1.54) is 0 Å². The molecule has 1 N–H and O–H groups in total. The number of hydrogen-bond donors (Lipinski definition) is 1. The average Bonchev–Trinajstić information content (AvgIpc) is 3.18. The molecule has 1 aromatic heterocycles. The van der Waals surface area contributed by atoms with Crippen LogP contribution >= 0.6 is 0 Å². The van der Waals surface area contributed by atoms with Gasteiger partial charge in [0.2, 0.25) is 0 Å². The lowest BCUT2D eigenvalue weighted by Crippen LogP contribution is -2.57. The van der Waals surface area contributed by atoms with E-state index >= 15 is 0 Å². The number of carbonyl (C=O) groups is 1. The minimum absolute atomic E-state index is 0.221. The van der Waals surface area contributed by atoms with Gasteiger partial charge in [-0.3, -0.25) is 9.69 Å². The van der Waals surface area contributed by atoms with Crippen molar-refractivity contribution in [2.24, 2.45) is 0 Å². The molecule has 1 aliphatic heterocycles. The number of aromatic nitrogens is 1. The number of carbonyl (C=O) groups excluding carboxylic acids is 1. The van der Waals surface area contributed by atoms with Gasteiger partial charge in [0.05, 0.1) is 27.0 Å². The van der Waals surface area contributed by atoms with Gasteiger partial charge in [0, 0.05) is 31.3 Å². The molecule has 2 heterocycles. The van der Waals surface area contributed by atoms with E-state index in [1.54, 1.807) is 31.4 Å². The molecule has 0 bridgehead atoms. The van der Waals surface area contributed by atoms with Crippen LogP contribution < -0.4 is 9.47 Å². The molecule has 0 spiro atoms. The normalized spacial score (nSPS) is 19.9. The Morgan fingerprint density at radius 2 is 2.14 bits per heavy atom. The number of rotatable bonds is 8. The van der Waals surface area contributed by atoms with E-state index < -0.39 is 5.60 Å². The fraction of sp³-hybridized carbons (Fsp3) is 0.500. The fourth-order valence-electron chi connectivity index (χ4n) is 3.74. The summed E-state index contributed by atoms with van der Waals surface area (Å²) in [6, 6.07) is 7.35. The second-order valence-corrected chi connectivity index (χ2v) is 7.17. The topological polar surface area (TPSA) is 88.3 Å². The Labute approximate surface area is 164 Å². The highest BCUT2D eigenvalue weighted by molar-refractivity contribution is 5.86. The number of likely N-dealkylation sites (N-methyl/N-ethyl adjacent to an activating group) is 1. The molecule has 0 saturated carbocycles. The Balaban J connectivity index is 1.71. The number of hydrogen-bond acceptors (Lipinski definition) is 7. The van der Waals surface area contributed by atoms with E-state index in [0.717, 1.165) is 12.0 Å². The van der Waals surface area contributed by atoms with Crippen LogP contribution in [0.3, 0.4) is 0 Å². The van der Waals surface area contributed by atoms with Gasteiger partial charge in [0.25, 0.3) is 5.91 Å². The smallest absolute Gasteiger partial charge is 0.256 e. The van der Waals surface area contributed by atoms with Gasteiger partial charge in [-0.05, 0) is 26.0 Å². The molecule has 28 heavy (non-hydrogen) atoms. The summed E-state index contributed by atoms with van der Waals surface area (Å²) in [5.41, 5.74) is -0.589. The molecule has 0 aliphatic carbocycles. The first-order chi connectivity index (χ1) is 13.5. The molecule has 2 aromatic rings. The molecule has 1 saturated heterocycles. The van der Waals surface area contributed by atoms with E-state index in [2.05, 4.69) is 5.16 Å². The van der Waals surface area contributed by atoms with E-state index in [-0.39, 0.29) is 12.5 Å². The van der Waals surface area contributed by atoms with E-state index in [1.807, 2.05) is 30.1 Å². The van der Waals surface area contributed by atoms with Crippen molar-refractivity contribution in [3.05, 3.63) is 41.8 Å².